The van der Waals surface area contributed by atoms with E-state index in [1.165, 1.54) is 6.07 Å². The minimum atomic E-state index is -0.879. The van der Waals surface area contributed by atoms with Crippen molar-refractivity contribution in [2.45, 2.75) is 9.79 Å². The molecular formula is C42H24S. The Hall–Kier alpha value is -5.11. The first kappa shape index (κ1) is 10.6. The van der Waals surface area contributed by atoms with Gasteiger partial charge in [-0.2, -0.15) is 0 Å². The minimum absolute atomic E-state index is 0.0109. The van der Waals surface area contributed by atoms with Crippen LogP contribution in [0.5, 0.6) is 0 Å². The van der Waals surface area contributed by atoms with Crippen LogP contribution in [0.2, 0.25) is 0 Å². The topological polar surface area (TPSA) is 0 Å². The summed E-state index contributed by atoms with van der Waals surface area (Å²) >= 11 is 0.777. The molecule has 1 aliphatic rings. The van der Waals surface area contributed by atoms with Gasteiger partial charge >= 0.3 is 0 Å². The molecule has 0 saturated heterocycles. The molecule has 1 heterocycles. The first-order valence-corrected chi connectivity index (χ1v) is 13.8. The maximum atomic E-state index is 9.59. The van der Waals surface area contributed by atoms with E-state index in [9.17, 15) is 9.60 Å². The summed E-state index contributed by atoms with van der Waals surface area (Å²) in [6.07, 6.45) is 0. The molecule has 0 bridgehead atoms. The van der Waals surface area contributed by atoms with Crippen LogP contribution in [-0.2, 0) is 0 Å². The average Bonchev–Trinajstić information content (AvgIpc) is 3.28. The molecule has 9 aromatic carbocycles. The van der Waals surface area contributed by atoms with E-state index >= 15 is 0 Å². The third-order valence-corrected chi connectivity index (χ3v) is 8.59. The molecule has 0 aliphatic carbocycles. The van der Waals surface area contributed by atoms with Gasteiger partial charge in [-0.3, -0.25) is 0 Å². The zero-order valence-electron chi connectivity index (χ0n) is 44.5. The van der Waals surface area contributed by atoms with Gasteiger partial charge in [-0.1, -0.05) is 133 Å². The van der Waals surface area contributed by atoms with E-state index < -0.39 is 172 Å². The van der Waals surface area contributed by atoms with Gasteiger partial charge in [0.25, 0.3) is 0 Å². The smallest absolute Gasteiger partial charge is 0.0636 e. The third kappa shape index (κ3) is 3.34. The van der Waals surface area contributed by atoms with Gasteiger partial charge in [-0.05, 0) is 106 Å². The summed E-state index contributed by atoms with van der Waals surface area (Å²) in [5.74, 6) is 0. The highest BCUT2D eigenvalue weighted by Gasteiger charge is 2.20. The van der Waals surface area contributed by atoms with E-state index in [1.54, 1.807) is 0 Å². The second-order valence-electron chi connectivity index (χ2n) is 9.86. The fraction of sp³-hybridized carbons (Fsp3) is 0. The fourth-order valence-corrected chi connectivity index (χ4v) is 6.62. The molecule has 1 heteroatoms. The molecule has 1 aliphatic heterocycles. The van der Waals surface area contributed by atoms with E-state index in [0.29, 0.717) is 0 Å². The monoisotopic (exact) mass is 583 g/mol. The number of hydrogen-bond acceptors (Lipinski definition) is 1. The largest absolute Gasteiger partial charge is 0.0888 e. The Morgan fingerprint density at radius 3 is 1.84 bits per heavy atom. The molecule has 9 aromatic rings. The zero-order valence-corrected chi connectivity index (χ0v) is 22.3. The second-order valence-corrected chi connectivity index (χ2v) is 10.9. The maximum absolute atomic E-state index is 9.59. The van der Waals surface area contributed by atoms with Crippen LogP contribution < -0.4 is 0 Å². The van der Waals surface area contributed by atoms with Gasteiger partial charge in [0.15, 0.2) is 0 Å². The number of benzene rings is 9. The van der Waals surface area contributed by atoms with Crippen LogP contribution >= 0.6 is 11.8 Å². The Balaban J connectivity index is 1.36. The first-order valence-electron chi connectivity index (χ1n) is 24.5. The molecule has 198 valence electrons. The summed E-state index contributed by atoms with van der Waals surface area (Å²) in [6.45, 7) is 0. The molecule has 10 rings (SSSR count). The van der Waals surface area contributed by atoms with E-state index in [4.69, 9.17) is 21.9 Å². The van der Waals surface area contributed by atoms with Gasteiger partial charge in [0.1, 0.15) is 0 Å². The maximum Gasteiger partial charge on any atom is 0.0636 e. The van der Waals surface area contributed by atoms with E-state index in [-0.39, 0.29) is 64.2 Å². The van der Waals surface area contributed by atoms with Crippen LogP contribution in [0.25, 0.3) is 87.2 Å². The third-order valence-electron chi connectivity index (χ3n) is 7.55. The predicted octanol–water partition coefficient (Wildman–Crippen LogP) is 12.4. The van der Waals surface area contributed by atoms with E-state index in [1.807, 2.05) is 0 Å². The summed E-state index contributed by atoms with van der Waals surface area (Å²) in [5.41, 5.74) is -2.13. The van der Waals surface area contributed by atoms with Crippen molar-refractivity contribution < 1.29 is 31.5 Å². The quantitative estimate of drug-likeness (QED) is 0.182. The molecular weight excluding hydrogens is 537 g/mol. The molecule has 0 radical (unpaired) electrons. The highest BCUT2D eigenvalue weighted by Crippen LogP contribution is 2.49. The van der Waals surface area contributed by atoms with Crippen molar-refractivity contribution in [3.8, 4) is 33.4 Å². The molecule has 0 N–H and O–H groups in total. The van der Waals surface area contributed by atoms with Gasteiger partial charge in [-0.15, -0.1) is 0 Å². The minimum Gasteiger partial charge on any atom is -0.0888 e. The molecule has 0 aromatic heterocycles. The lowest BCUT2D eigenvalue weighted by atomic mass is 9.88. The van der Waals surface area contributed by atoms with E-state index in [2.05, 4.69) is 0 Å². The lowest BCUT2D eigenvalue weighted by molar-refractivity contribution is 1.40. The summed E-state index contributed by atoms with van der Waals surface area (Å²) in [7, 11) is 0. The molecule has 0 saturated carbocycles. The summed E-state index contributed by atoms with van der Waals surface area (Å²) in [6, 6.07) is -14.5. The van der Waals surface area contributed by atoms with Gasteiger partial charge in [0.05, 0.1) is 31.5 Å². The molecule has 0 spiro atoms. The summed E-state index contributed by atoms with van der Waals surface area (Å²) in [4.78, 5) is 0.00326. The van der Waals surface area contributed by atoms with Crippen LogP contribution in [0.15, 0.2) is 155 Å². The lowest BCUT2D eigenvalue weighted by Gasteiger charge is -2.21. The van der Waals surface area contributed by atoms with E-state index in [0.717, 1.165) is 11.8 Å². The molecule has 0 nitrogen and oxygen atoms in total. The van der Waals surface area contributed by atoms with Crippen molar-refractivity contribution in [2.24, 2.45) is 0 Å². The van der Waals surface area contributed by atoms with Crippen molar-refractivity contribution in [3.63, 3.8) is 0 Å². The highest BCUT2D eigenvalue weighted by atomic mass is 32.2. The van der Waals surface area contributed by atoms with Gasteiger partial charge in [0, 0.05) is 15.2 Å². The molecule has 43 heavy (non-hydrogen) atoms. The van der Waals surface area contributed by atoms with Crippen LogP contribution in [-0.4, -0.2) is 0 Å². The van der Waals surface area contributed by atoms with Crippen molar-refractivity contribution in [1.29, 1.82) is 0 Å². The standard InChI is InChI=1S/C42H24S/c1-5-26-13-14-28-15-20-34(36-21-16-27(6-1)40(26)42(28)36)33-10-3-9-31-23-29(17-19-32(31)33)30-18-22-38-37(24-30)35-11-2-7-25-8-4-12-39(43-38)41(25)35/h1-24H/i1D,2D,3D,4D,5D,6D,7D,8D,9D,10D,11D,12D,13D,14D,15D,16D,17D,18D,19D,20D,21D,22D,23D. The Kier molecular flexibility index (Phi) is 2.14. The summed E-state index contributed by atoms with van der Waals surface area (Å²) < 4.78 is 206. The highest BCUT2D eigenvalue weighted by molar-refractivity contribution is 7.99. The normalized spacial score (nSPS) is 20.0. The average molecular weight is 584 g/mol. The fourth-order valence-electron chi connectivity index (χ4n) is 5.64. The SMILES string of the molecule is [2H]c1c(-c2c([2H])c([2H])c3c(-c4c([2H])c([2H])c5c([2H])c([2H])c6c([2H])c([2H])c([2H])c7c([2H])c([2H])c4c5c67)c([2H])c([2H])c([2H])c3c2[2H])cc2c(c1[2H])Sc1c([2H])c([2H])c([2H])c3c([2H])c([2H])c([2H])c-2c13. The van der Waals surface area contributed by atoms with Crippen molar-refractivity contribution in [2.75, 3.05) is 0 Å². The molecule has 0 atom stereocenters. The van der Waals surface area contributed by atoms with Gasteiger partial charge < -0.3 is 0 Å². The van der Waals surface area contributed by atoms with Crippen LogP contribution in [0, 0.1) is 0 Å². The second kappa shape index (κ2) is 8.70. The van der Waals surface area contributed by atoms with Crippen LogP contribution in [0.4, 0.5) is 0 Å². The lowest BCUT2D eigenvalue weighted by Crippen LogP contribution is -1.93. The van der Waals surface area contributed by atoms with Gasteiger partial charge in [-0.25, -0.2) is 0 Å². The number of rotatable bonds is 2. The Morgan fingerprint density at radius 2 is 0.977 bits per heavy atom. The Bertz CT molecular complexity index is 3850. The summed E-state index contributed by atoms with van der Waals surface area (Å²) in [5, 5.41) is -3.25. The number of hydrogen-bond donors (Lipinski definition) is 0. The molecule has 0 unspecified atom stereocenters. The molecule has 0 fully saturated rings. The van der Waals surface area contributed by atoms with Crippen LogP contribution in [0.3, 0.4) is 0 Å². The van der Waals surface area contributed by atoms with Gasteiger partial charge in [0.2, 0.25) is 0 Å². The zero-order chi connectivity index (χ0) is 48.1. The van der Waals surface area contributed by atoms with Crippen molar-refractivity contribution in [3.05, 3.63) is 145 Å². The Labute approximate surface area is 285 Å². The molecule has 0 amide bonds. The first-order chi connectivity index (χ1) is 30.9. The van der Waals surface area contributed by atoms with Crippen LogP contribution in [0.1, 0.15) is 31.5 Å². The number of fused-ring (bicyclic) bond motifs is 3. The Morgan fingerprint density at radius 1 is 0.372 bits per heavy atom. The van der Waals surface area contributed by atoms with Crippen molar-refractivity contribution >= 4 is 65.6 Å². The predicted molar refractivity (Wildman–Crippen MR) is 186 cm³/mol. The van der Waals surface area contributed by atoms with Crippen molar-refractivity contribution in [1.82, 2.24) is 0 Å².